The van der Waals surface area contributed by atoms with E-state index in [4.69, 9.17) is 0 Å². The molecule has 0 aliphatic carbocycles. The number of rotatable bonds is 7. The highest BCUT2D eigenvalue weighted by molar-refractivity contribution is 5.39. The molecule has 0 bridgehead atoms. The van der Waals surface area contributed by atoms with Crippen LogP contribution in [0.2, 0.25) is 0 Å². The van der Waals surface area contributed by atoms with Crippen molar-refractivity contribution in [2.75, 3.05) is 52.4 Å². The smallest absolute Gasteiger partial charge is 0.169 e. The van der Waals surface area contributed by atoms with E-state index >= 15 is 0 Å². The van der Waals surface area contributed by atoms with Crippen molar-refractivity contribution in [3.8, 4) is 12.1 Å². The van der Waals surface area contributed by atoms with Gasteiger partial charge in [0, 0.05) is 38.8 Å². The lowest BCUT2D eigenvalue weighted by atomic mass is 9.95. The Morgan fingerprint density at radius 1 is 0.929 bits per heavy atom. The van der Waals surface area contributed by atoms with E-state index in [9.17, 15) is 10.5 Å². The first-order valence-electron chi connectivity index (χ1n) is 11.2. The molecule has 0 saturated carbocycles. The van der Waals surface area contributed by atoms with Crippen molar-refractivity contribution in [3.05, 3.63) is 11.4 Å². The molecule has 6 heteroatoms. The zero-order valence-corrected chi connectivity index (χ0v) is 17.5. The van der Waals surface area contributed by atoms with Crippen LogP contribution in [0.1, 0.15) is 51.9 Å². The molecule has 1 N–H and O–H groups in total. The highest BCUT2D eigenvalue weighted by Crippen LogP contribution is 2.23. The molecule has 1 atom stereocenters. The van der Waals surface area contributed by atoms with E-state index in [-0.39, 0.29) is 5.57 Å². The molecule has 3 aliphatic heterocycles. The fourth-order valence-corrected chi connectivity index (χ4v) is 4.98. The number of nitrogens with zero attached hydrogens (tertiary/aromatic N) is 5. The van der Waals surface area contributed by atoms with Gasteiger partial charge in [-0.3, -0.25) is 4.90 Å². The molecule has 3 fully saturated rings. The summed E-state index contributed by atoms with van der Waals surface area (Å²) in [6, 6.07) is 4.86. The average molecular weight is 385 g/mol. The van der Waals surface area contributed by atoms with Gasteiger partial charge in [0.1, 0.15) is 18.0 Å². The number of allylic oxidation sites excluding steroid dienone is 1. The maximum atomic E-state index is 9.43. The first-order chi connectivity index (χ1) is 13.7. The Hall–Kier alpha value is -1.76. The molecule has 6 nitrogen and oxygen atoms in total. The topological polar surface area (TPSA) is 69.3 Å². The van der Waals surface area contributed by atoms with Crippen LogP contribution >= 0.6 is 0 Å². The van der Waals surface area contributed by atoms with E-state index in [0.29, 0.717) is 6.04 Å². The molecule has 3 saturated heterocycles. The van der Waals surface area contributed by atoms with Crippen LogP contribution in [-0.4, -0.2) is 73.1 Å². The summed E-state index contributed by atoms with van der Waals surface area (Å²) in [7, 11) is 0. The van der Waals surface area contributed by atoms with Gasteiger partial charge in [-0.05, 0) is 71.0 Å². The third-order valence-electron chi connectivity index (χ3n) is 6.74. The van der Waals surface area contributed by atoms with E-state index < -0.39 is 0 Å². The second-order valence-electron chi connectivity index (χ2n) is 8.69. The second-order valence-corrected chi connectivity index (χ2v) is 8.69. The van der Waals surface area contributed by atoms with Crippen LogP contribution in [0.5, 0.6) is 0 Å². The summed E-state index contributed by atoms with van der Waals surface area (Å²) in [6.45, 7) is 10.8. The molecule has 0 amide bonds. The van der Waals surface area contributed by atoms with E-state index in [1.165, 1.54) is 51.7 Å². The van der Waals surface area contributed by atoms with Gasteiger partial charge < -0.3 is 15.1 Å². The summed E-state index contributed by atoms with van der Waals surface area (Å²) in [5.41, 5.74) is 0.226. The predicted octanol–water partition coefficient (Wildman–Crippen LogP) is 2.52. The van der Waals surface area contributed by atoms with Gasteiger partial charge >= 0.3 is 0 Å². The minimum absolute atomic E-state index is 0.226. The lowest BCUT2D eigenvalue weighted by Crippen LogP contribution is -2.44. The quantitative estimate of drug-likeness (QED) is 0.680. The van der Waals surface area contributed by atoms with Gasteiger partial charge in [-0.1, -0.05) is 6.42 Å². The van der Waals surface area contributed by atoms with Gasteiger partial charge in [0.2, 0.25) is 0 Å². The van der Waals surface area contributed by atoms with Crippen LogP contribution in [0.3, 0.4) is 0 Å². The Labute approximate surface area is 170 Å². The first-order valence-corrected chi connectivity index (χ1v) is 11.2. The van der Waals surface area contributed by atoms with Gasteiger partial charge in [-0.2, -0.15) is 10.5 Å². The van der Waals surface area contributed by atoms with Gasteiger partial charge in [-0.15, -0.1) is 0 Å². The van der Waals surface area contributed by atoms with Crippen molar-refractivity contribution in [1.82, 2.24) is 20.0 Å². The molecule has 1 unspecified atom stereocenters. The zero-order chi connectivity index (χ0) is 19.8. The Bertz CT molecular complexity index is 585. The van der Waals surface area contributed by atoms with E-state index in [0.717, 1.165) is 57.3 Å². The van der Waals surface area contributed by atoms with Gasteiger partial charge in [-0.25, -0.2) is 0 Å². The Kier molecular flexibility index (Phi) is 8.01. The minimum atomic E-state index is 0.226. The second kappa shape index (κ2) is 10.7. The van der Waals surface area contributed by atoms with Crippen molar-refractivity contribution in [2.45, 2.75) is 57.9 Å². The van der Waals surface area contributed by atoms with Crippen LogP contribution in [-0.2, 0) is 0 Å². The molecule has 154 valence electrons. The fraction of sp³-hybridized carbons (Fsp3) is 0.818. The monoisotopic (exact) mass is 384 g/mol. The Balaban J connectivity index is 1.51. The standard InChI is InChI=1S/C22H36N6/c1-19-6-5-12-27(19)15-9-25-22(21(16-23)17-24)28-13-7-20(8-14-28)18-26-10-3-2-4-11-26/h19-20,25H,2-15,18H2,1H3. The normalized spacial score (nSPS) is 24.5. The number of hydrogen-bond donors (Lipinski definition) is 1. The largest absolute Gasteiger partial charge is 0.369 e. The summed E-state index contributed by atoms with van der Waals surface area (Å²) >= 11 is 0. The van der Waals surface area contributed by atoms with Crippen molar-refractivity contribution in [3.63, 3.8) is 0 Å². The third kappa shape index (κ3) is 5.63. The van der Waals surface area contributed by atoms with Crippen LogP contribution in [0.4, 0.5) is 0 Å². The minimum Gasteiger partial charge on any atom is -0.369 e. The van der Waals surface area contributed by atoms with Gasteiger partial charge in [0.15, 0.2) is 5.57 Å². The SMILES string of the molecule is CC1CCCN1CCNC(=C(C#N)C#N)N1CCC(CN2CCCCC2)CC1. The molecule has 0 spiro atoms. The van der Waals surface area contributed by atoms with E-state index in [2.05, 4.69) is 39.1 Å². The number of likely N-dealkylation sites (tertiary alicyclic amines) is 3. The summed E-state index contributed by atoms with van der Waals surface area (Å²) in [6.07, 6.45) is 8.92. The molecule has 3 rings (SSSR count). The third-order valence-corrected chi connectivity index (χ3v) is 6.74. The molecular formula is C22H36N6. The molecule has 28 heavy (non-hydrogen) atoms. The first kappa shape index (κ1) is 21.0. The lowest BCUT2D eigenvalue weighted by molar-refractivity contribution is 0.143. The van der Waals surface area contributed by atoms with E-state index in [1.54, 1.807) is 0 Å². The molecule has 3 aliphatic rings. The molecule has 3 heterocycles. The molecule has 0 aromatic carbocycles. The zero-order valence-electron chi connectivity index (χ0n) is 17.5. The summed E-state index contributed by atoms with van der Waals surface area (Å²) < 4.78 is 0. The number of nitriles is 2. The summed E-state index contributed by atoms with van der Waals surface area (Å²) in [5, 5.41) is 22.3. The Morgan fingerprint density at radius 3 is 2.25 bits per heavy atom. The molecule has 0 radical (unpaired) electrons. The Morgan fingerprint density at radius 2 is 1.64 bits per heavy atom. The summed E-state index contributed by atoms with van der Waals surface area (Å²) in [4.78, 5) is 7.36. The van der Waals surface area contributed by atoms with Crippen LogP contribution in [0.15, 0.2) is 11.4 Å². The van der Waals surface area contributed by atoms with Crippen molar-refractivity contribution in [1.29, 1.82) is 10.5 Å². The molecule has 0 aromatic rings. The van der Waals surface area contributed by atoms with Crippen LogP contribution < -0.4 is 5.32 Å². The number of nitrogens with one attached hydrogen (secondary N) is 1. The maximum Gasteiger partial charge on any atom is 0.169 e. The van der Waals surface area contributed by atoms with Gasteiger partial charge in [0.05, 0.1) is 0 Å². The summed E-state index contributed by atoms with van der Waals surface area (Å²) in [5.74, 6) is 1.50. The van der Waals surface area contributed by atoms with Crippen molar-refractivity contribution >= 4 is 0 Å². The predicted molar refractivity (Wildman–Crippen MR) is 111 cm³/mol. The van der Waals surface area contributed by atoms with Gasteiger partial charge in [0.25, 0.3) is 0 Å². The number of piperidine rings is 2. The average Bonchev–Trinajstić information content (AvgIpc) is 3.14. The molecular weight excluding hydrogens is 348 g/mol. The van der Waals surface area contributed by atoms with Crippen molar-refractivity contribution in [2.24, 2.45) is 5.92 Å². The van der Waals surface area contributed by atoms with Crippen molar-refractivity contribution < 1.29 is 0 Å². The maximum absolute atomic E-state index is 9.43. The number of hydrogen-bond acceptors (Lipinski definition) is 6. The molecule has 0 aromatic heterocycles. The van der Waals surface area contributed by atoms with E-state index in [1.807, 2.05) is 0 Å². The highest BCUT2D eigenvalue weighted by Gasteiger charge is 2.25. The highest BCUT2D eigenvalue weighted by atomic mass is 15.3. The lowest BCUT2D eigenvalue weighted by Gasteiger charge is -2.38. The van der Waals surface area contributed by atoms with Crippen LogP contribution in [0, 0.1) is 28.6 Å². The fourth-order valence-electron chi connectivity index (χ4n) is 4.98. The van der Waals surface area contributed by atoms with Crippen LogP contribution in [0.25, 0.3) is 0 Å².